The van der Waals surface area contributed by atoms with Gasteiger partial charge in [-0.1, -0.05) is 30.3 Å². The van der Waals surface area contributed by atoms with E-state index in [-0.39, 0.29) is 30.6 Å². The lowest BCUT2D eigenvalue weighted by Crippen LogP contribution is -2.37. The van der Waals surface area contributed by atoms with E-state index in [1.54, 1.807) is 33.1 Å². The Balaban J connectivity index is 1.17. The molecule has 226 valence electrons. The number of hydrogen-bond acceptors (Lipinski definition) is 6. The molecule has 1 aliphatic carbocycles. The molecule has 1 N–H and O–H groups in total. The van der Waals surface area contributed by atoms with Gasteiger partial charge in [0.05, 0.1) is 18.6 Å². The number of hydrogen-bond donors (Lipinski definition) is 1. The Bertz CT molecular complexity index is 1220. The fraction of sp³-hybridized carbons (Fsp3) is 0.594. The summed E-state index contributed by atoms with van der Waals surface area (Å²) in [4.78, 5) is 15.4. The standard InChI is InChI=1S/C32H47N3O5S/c1-24-20-29(39-4)21-25(2)32(24)41(37,38)34(3)18-19-40-23-30(36)33-22-26-12-14-28(15-13-26)31(35-16-8-9-17-35)27-10-6-5-7-11-27/h5-7,10-11,20-21,26,28,31H,8-9,12-19,22-23H2,1-4H3,(H,33,36). The van der Waals surface area contributed by atoms with E-state index in [4.69, 9.17) is 9.47 Å². The van der Waals surface area contributed by atoms with Gasteiger partial charge in [0.25, 0.3) is 0 Å². The highest BCUT2D eigenvalue weighted by Gasteiger charge is 2.33. The van der Waals surface area contributed by atoms with Gasteiger partial charge in [-0.3, -0.25) is 9.69 Å². The molecule has 1 amide bonds. The molecule has 0 bridgehead atoms. The first-order valence-corrected chi connectivity index (χ1v) is 16.4. The first kappa shape index (κ1) is 31.5. The van der Waals surface area contributed by atoms with Crippen LogP contribution < -0.4 is 10.1 Å². The summed E-state index contributed by atoms with van der Waals surface area (Å²) in [5.74, 6) is 1.61. The van der Waals surface area contributed by atoms with Crippen LogP contribution in [-0.4, -0.2) is 77.1 Å². The van der Waals surface area contributed by atoms with Gasteiger partial charge in [0.15, 0.2) is 0 Å². The normalized spacial score (nSPS) is 20.7. The molecule has 0 aromatic heterocycles. The third-order valence-electron chi connectivity index (χ3n) is 8.72. The smallest absolute Gasteiger partial charge is 0.246 e. The average Bonchev–Trinajstić information content (AvgIpc) is 3.49. The summed E-state index contributed by atoms with van der Waals surface area (Å²) in [6.45, 7) is 6.80. The predicted octanol–water partition coefficient (Wildman–Crippen LogP) is 4.71. The zero-order valence-corrected chi connectivity index (χ0v) is 25.9. The number of nitrogens with one attached hydrogen (secondary N) is 1. The summed E-state index contributed by atoms with van der Waals surface area (Å²) in [5.41, 5.74) is 2.71. The molecule has 4 rings (SSSR count). The molecule has 1 unspecified atom stereocenters. The van der Waals surface area contributed by atoms with Crippen molar-refractivity contribution in [1.82, 2.24) is 14.5 Å². The van der Waals surface area contributed by atoms with Gasteiger partial charge in [-0.15, -0.1) is 0 Å². The van der Waals surface area contributed by atoms with Crippen molar-refractivity contribution in [2.75, 3.05) is 53.6 Å². The van der Waals surface area contributed by atoms with Gasteiger partial charge in [0.1, 0.15) is 12.4 Å². The van der Waals surface area contributed by atoms with Crippen molar-refractivity contribution in [3.8, 4) is 5.75 Å². The second kappa shape index (κ2) is 14.6. The Morgan fingerprint density at radius 2 is 1.68 bits per heavy atom. The number of carbonyl (C=O) groups excluding carboxylic acids is 1. The molecule has 2 aromatic carbocycles. The number of amides is 1. The molecule has 41 heavy (non-hydrogen) atoms. The van der Waals surface area contributed by atoms with Crippen LogP contribution in [0.1, 0.15) is 61.3 Å². The maximum absolute atomic E-state index is 13.1. The molecule has 0 radical (unpaired) electrons. The Morgan fingerprint density at radius 1 is 1.05 bits per heavy atom. The molecule has 1 saturated carbocycles. The summed E-state index contributed by atoms with van der Waals surface area (Å²) in [5, 5.41) is 3.04. The lowest BCUT2D eigenvalue weighted by molar-refractivity contribution is -0.126. The number of carbonyl (C=O) groups is 1. The van der Waals surface area contributed by atoms with Gasteiger partial charge < -0.3 is 14.8 Å². The molecule has 2 aromatic rings. The maximum atomic E-state index is 13.1. The number of aryl methyl sites for hydroxylation is 2. The summed E-state index contributed by atoms with van der Waals surface area (Å²) >= 11 is 0. The van der Waals surface area contributed by atoms with Gasteiger partial charge in [-0.2, -0.15) is 4.31 Å². The van der Waals surface area contributed by atoms with Gasteiger partial charge >= 0.3 is 0 Å². The lowest BCUT2D eigenvalue weighted by Gasteiger charge is -2.39. The van der Waals surface area contributed by atoms with Crippen LogP contribution in [0.4, 0.5) is 0 Å². The minimum Gasteiger partial charge on any atom is -0.497 e. The summed E-state index contributed by atoms with van der Waals surface area (Å²) < 4.78 is 38.4. The van der Waals surface area contributed by atoms with E-state index in [2.05, 4.69) is 40.5 Å². The number of rotatable bonds is 13. The number of benzene rings is 2. The molecule has 8 nitrogen and oxygen atoms in total. The fourth-order valence-corrected chi connectivity index (χ4v) is 8.10. The van der Waals surface area contributed by atoms with Gasteiger partial charge in [-0.25, -0.2) is 8.42 Å². The van der Waals surface area contributed by atoms with Crippen LogP contribution in [-0.2, 0) is 19.6 Å². The lowest BCUT2D eigenvalue weighted by atomic mass is 9.76. The molecule has 2 aliphatic rings. The topological polar surface area (TPSA) is 88.2 Å². The van der Waals surface area contributed by atoms with Gasteiger partial charge in [0.2, 0.25) is 15.9 Å². The van der Waals surface area contributed by atoms with Gasteiger partial charge in [-0.05, 0) is 106 Å². The quantitative estimate of drug-likeness (QED) is 0.343. The molecule has 2 fully saturated rings. The van der Waals surface area contributed by atoms with Crippen LogP contribution in [0, 0.1) is 25.7 Å². The monoisotopic (exact) mass is 585 g/mol. The van der Waals surface area contributed by atoms with Crippen molar-refractivity contribution < 1.29 is 22.7 Å². The maximum Gasteiger partial charge on any atom is 0.246 e. The second-order valence-corrected chi connectivity index (χ2v) is 13.6. The summed E-state index contributed by atoms with van der Waals surface area (Å²) in [6, 6.07) is 14.9. The van der Waals surface area contributed by atoms with Crippen LogP contribution in [0.2, 0.25) is 0 Å². The molecule has 1 aliphatic heterocycles. The van der Waals surface area contributed by atoms with Crippen molar-refractivity contribution in [1.29, 1.82) is 0 Å². The van der Waals surface area contributed by atoms with Crippen molar-refractivity contribution >= 4 is 15.9 Å². The third kappa shape index (κ3) is 8.09. The van der Waals surface area contributed by atoms with E-state index in [1.807, 2.05) is 0 Å². The molecular weight excluding hydrogens is 538 g/mol. The van der Waals surface area contributed by atoms with Crippen molar-refractivity contribution in [2.24, 2.45) is 11.8 Å². The van der Waals surface area contributed by atoms with Gasteiger partial charge in [0, 0.05) is 26.2 Å². The Kier molecular flexibility index (Phi) is 11.2. The number of sulfonamides is 1. The minimum atomic E-state index is -3.69. The van der Waals surface area contributed by atoms with E-state index >= 15 is 0 Å². The highest BCUT2D eigenvalue weighted by Crippen LogP contribution is 2.41. The summed E-state index contributed by atoms with van der Waals surface area (Å²) in [6.07, 6.45) is 7.19. The molecule has 1 atom stereocenters. The van der Waals surface area contributed by atoms with Crippen molar-refractivity contribution in [2.45, 2.75) is 63.3 Å². The van der Waals surface area contributed by atoms with Crippen LogP contribution in [0.5, 0.6) is 5.75 Å². The van der Waals surface area contributed by atoms with Crippen LogP contribution >= 0.6 is 0 Å². The molecular formula is C32H47N3O5S. The van der Waals surface area contributed by atoms with Crippen LogP contribution in [0.3, 0.4) is 0 Å². The molecule has 0 spiro atoms. The molecule has 1 saturated heterocycles. The number of methoxy groups -OCH3 is 1. The first-order chi connectivity index (χ1) is 19.7. The average molecular weight is 586 g/mol. The number of nitrogens with zero attached hydrogens (tertiary/aromatic N) is 2. The third-order valence-corrected chi connectivity index (χ3v) is 10.9. The summed E-state index contributed by atoms with van der Waals surface area (Å²) in [7, 11) is -0.599. The largest absolute Gasteiger partial charge is 0.497 e. The Morgan fingerprint density at radius 3 is 2.29 bits per heavy atom. The highest BCUT2D eigenvalue weighted by atomic mass is 32.2. The highest BCUT2D eigenvalue weighted by molar-refractivity contribution is 7.89. The van der Waals surface area contributed by atoms with Crippen LogP contribution in [0.25, 0.3) is 0 Å². The minimum absolute atomic E-state index is 0.0745. The van der Waals surface area contributed by atoms with E-state index in [9.17, 15) is 13.2 Å². The van der Waals surface area contributed by atoms with Crippen LogP contribution in [0.15, 0.2) is 47.4 Å². The fourth-order valence-electron chi connectivity index (χ4n) is 6.54. The number of likely N-dealkylation sites (tertiary alicyclic amines) is 1. The zero-order valence-electron chi connectivity index (χ0n) is 25.1. The first-order valence-electron chi connectivity index (χ1n) is 15.0. The second-order valence-electron chi connectivity index (χ2n) is 11.7. The van der Waals surface area contributed by atoms with E-state index in [0.29, 0.717) is 41.3 Å². The number of ether oxygens (including phenoxy) is 2. The van der Waals surface area contributed by atoms with Crippen molar-refractivity contribution in [3.05, 3.63) is 59.2 Å². The predicted molar refractivity (Wildman–Crippen MR) is 162 cm³/mol. The van der Waals surface area contributed by atoms with Crippen molar-refractivity contribution in [3.63, 3.8) is 0 Å². The SMILES string of the molecule is COc1cc(C)c(S(=O)(=O)N(C)CCOCC(=O)NCC2CCC(C(c3ccccc3)N3CCCC3)CC2)c(C)c1. The Labute approximate surface area is 246 Å². The number of likely N-dealkylation sites (N-methyl/N-ethyl adjacent to an activating group) is 1. The molecule has 9 heteroatoms. The van der Waals surface area contributed by atoms with E-state index in [1.165, 1.54) is 55.7 Å². The van der Waals surface area contributed by atoms with E-state index < -0.39 is 10.0 Å². The Hall–Kier alpha value is -2.46. The zero-order chi connectivity index (χ0) is 29.4. The van der Waals surface area contributed by atoms with E-state index in [0.717, 1.165) is 12.8 Å². The molecule has 1 heterocycles.